The maximum Gasteiger partial charge on any atom is 0.413 e. The third-order valence-electron chi connectivity index (χ3n) is 6.24. The minimum atomic E-state index is -0.673. The first-order valence-corrected chi connectivity index (χ1v) is 16.8. The molecule has 2 aromatic rings. The Morgan fingerprint density at radius 3 is 1.45 bits per heavy atom. The van der Waals surface area contributed by atoms with Gasteiger partial charge in [-0.1, -0.05) is 0 Å². The van der Waals surface area contributed by atoms with Crippen molar-refractivity contribution in [2.75, 3.05) is 33.0 Å². The molecule has 0 fully saturated rings. The van der Waals surface area contributed by atoms with E-state index >= 15 is 0 Å². The first-order chi connectivity index (χ1) is 22.0. The molecule has 4 N–H and O–H groups in total. The van der Waals surface area contributed by atoms with Crippen molar-refractivity contribution < 1.29 is 28.5 Å². The molecule has 256 valence electrons. The number of alkyl carbamates (subject to hydrolysis) is 2. The smallest absolute Gasteiger partial charge is 0.413 e. The summed E-state index contributed by atoms with van der Waals surface area (Å²) in [6.45, 7) is 14.1. The van der Waals surface area contributed by atoms with E-state index in [0.29, 0.717) is 44.8 Å². The SMILES string of the molecule is CC(C)(C)OC(=O)NC(=N)c1ccc(OCCCN2C=CN(CCCOc3ccc(C(=N)NC(=O)OC(C)(C)C)cc3Br)C2)c(Br)c1. The van der Waals surface area contributed by atoms with E-state index in [9.17, 15) is 9.59 Å². The highest BCUT2D eigenvalue weighted by atomic mass is 79.9. The van der Waals surface area contributed by atoms with Gasteiger partial charge in [-0.25, -0.2) is 9.59 Å². The van der Waals surface area contributed by atoms with Crippen LogP contribution in [-0.2, 0) is 9.47 Å². The molecule has 0 spiro atoms. The fraction of sp³-hybridized carbons (Fsp3) is 0.455. The monoisotopic (exact) mass is 778 g/mol. The van der Waals surface area contributed by atoms with Crippen LogP contribution in [0.1, 0.15) is 65.5 Å². The van der Waals surface area contributed by atoms with E-state index in [4.69, 9.17) is 29.8 Å². The highest BCUT2D eigenvalue weighted by Gasteiger charge is 2.19. The largest absolute Gasteiger partial charge is 0.492 e. The lowest BCUT2D eigenvalue weighted by molar-refractivity contribution is 0.0551. The predicted molar refractivity (Wildman–Crippen MR) is 188 cm³/mol. The van der Waals surface area contributed by atoms with Gasteiger partial charge in [0, 0.05) is 36.6 Å². The Bertz CT molecular complexity index is 1360. The molecule has 0 atom stereocenters. The quantitative estimate of drug-likeness (QED) is 0.101. The first-order valence-electron chi connectivity index (χ1n) is 15.2. The highest BCUT2D eigenvalue weighted by molar-refractivity contribution is 9.10. The van der Waals surface area contributed by atoms with E-state index in [0.717, 1.165) is 32.6 Å². The van der Waals surface area contributed by atoms with Crippen molar-refractivity contribution in [3.05, 3.63) is 68.9 Å². The van der Waals surface area contributed by atoms with Crippen LogP contribution in [-0.4, -0.2) is 77.8 Å². The lowest BCUT2D eigenvalue weighted by Crippen LogP contribution is -2.36. The summed E-state index contributed by atoms with van der Waals surface area (Å²) < 4.78 is 23.7. The molecule has 3 rings (SSSR count). The van der Waals surface area contributed by atoms with E-state index in [1.54, 1.807) is 77.9 Å². The maximum absolute atomic E-state index is 12.0. The van der Waals surface area contributed by atoms with Crippen LogP contribution < -0.4 is 20.1 Å². The number of halogens is 2. The Labute approximate surface area is 293 Å². The topological polar surface area (TPSA) is 149 Å². The van der Waals surface area contributed by atoms with Crippen LogP contribution in [0.4, 0.5) is 9.59 Å². The summed E-state index contributed by atoms with van der Waals surface area (Å²) in [4.78, 5) is 28.4. The summed E-state index contributed by atoms with van der Waals surface area (Å²) in [5, 5.41) is 21.2. The van der Waals surface area contributed by atoms with Crippen LogP contribution in [0.3, 0.4) is 0 Å². The molecule has 2 aromatic carbocycles. The van der Waals surface area contributed by atoms with Gasteiger partial charge in [0.1, 0.15) is 34.4 Å². The molecule has 14 heteroatoms. The van der Waals surface area contributed by atoms with Crippen molar-refractivity contribution in [3.63, 3.8) is 0 Å². The standard InChI is InChI=1S/C33H44Br2N6O6/c1-32(2,3)46-30(42)38-28(36)22-9-11-26(24(34)19-22)44-17-7-13-40-15-16-41(21-40)14-8-18-45-27-12-10-23(20-25(27)35)29(37)39-31(43)47-33(4,5)6/h9-12,15-16,19-20H,7-8,13-14,17-18,21H2,1-6H3,(H2,36,38,42)(H2,37,39,43). The molecule has 0 saturated heterocycles. The van der Waals surface area contributed by atoms with Crippen LogP contribution in [0.5, 0.6) is 11.5 Å². The molecule has 47 heavy (non-hydrogen) atoms. The van der Waals surface area contributed by atoms with Gasteiger partial charge in [-0.15, -0.1) is 0 Å². The van der Waals surface area contributed by atoms with Gasteiger partial charge in [0.05, 0.1) is 28.8 Å². The van der Waals surface area contributed by atoms with Crippen molar-refractivity contribution >= 4 is 55.7 Å². The van der Waals surface area contributed by atoms with Crippen molar-refractivity contribution in [2.24, 2.45) is 0 Å². The number of nitrogens with zero attached hydrogens (tertiary/aromatic N) is 2. The van der Waals surface area contributed by atoms with Gasteiger partial charge in [-0.05, 0) is 123 Å². The Morgan fingerprint density at radius 1 is 0.723 bits per heavy atom. The summed E-state index contributed by atoms with van der Waals surface area (Å²) in [6, 6.07) is 10.4. The summed E-state index contributed by atoms with van der Waals surface area (Å²) >= 11 is 6.99. The van der Waals surface area contributed by atoms with Crippen molar-refractivity contribution in [1.82, 2.24) is 20.4 Å². The Balaban J connectivity index is 1.31. The van der Waals surface area contributed by atoms with E-state index < -0.39 is 23.4 Å². The second-order valence-electron chi connectivity index (χ2n) is 12.8. The fourth-order valence-corrected chi connectivity index (χ4v) is 5.20. The maximum atomic E-state index is 12.0. The summed E-state index contributed by atoms with van der Waals surface area (Å²) in [5.41, 5.74) is -0.235. The number of rotatable bonds is 12. The molecular weight excluding hydrogens is 736 g/mol. The summed E-state index contributed by atoms with van der Waals surface area (Å²) in [6.07, 6.45) is 4.44. The van der Waals surface area contributed by atoms with Gasteiger partial charge in [0.2, 0.25) is 0 Å². The van der Waals surface area contributed by atoms with Gasteiger partial charge in [0.25, 0.3) is 0 Å². The highest BCUT2D eigenvalue weighted by Crippen LogP contribution is 2.27. The number of hydrogen-bond donors (Lipinski definition) is 4. The molecule has 1 aliphatic rings. The number of hydrogen-bond acceptors (Lipinski definition) is 10. The third-order valence-corrected chi connectivity index (χ3v) is 7.48. The van der Waals surface area contributed by atoms with Crippen LogP contribution in [0.15, 0.2) is 57.7 Å². The second-order valence-corrected chi connectivity index (χ2v) is 14.5. The van der Waals surface area contributed by atoms with E-state index in [1.807, 2.05) is 0 Å². The van der Waals surface area contributed by atoms with Crippen molar-refractivity contribution in [1.29, 1.82) is 10.8 Å². The molecule has 0 aliphatic carbocycles. The average molecular weight is 781 g/mol. The number of carbonyl (C=O) groups excluding carboxylic acids is 2. The first kappa shape index (κ1) is 37.7. The third kappa shape index (κ3) is 13.5. The molecular formula is C33H44Br2N6O6. The van der Waals surface area contributed by atoms with Gasteiger partial charge < -0.3 is 28.7 Å². The zero-order valence-corrected chi connectivity index (χ0v) is 30.8. The van der Waals surface area contributed by atoms with Crippen LogP contribution >= 0.6 is 31.9 Å². The second kappa shape index (κ2) is 16.9. The number of ether oxygens (including phenoxy) is 4. The normalized spacial score (nSPS) is 12.9. The van der Waals surface area contributed by atoms with E-state index in [-0.39, 0.29) is 11.7 Å². The lowest BCUT2D eigenvalue weighted by Gasteiger charge is -2.21. The van der Waals surface area contributed by atoms with E-state index in [2.05, 4.69) is 64.7 Å². The molecule has 0 bridgehead atoms. The van der Waals surface area contributed by atoms with Gasteiger partial charge in [-0.3, -0.25) is 21.5 Å². The number of carbonyl (C=O) groups is 2. The van der Waals surface area contributed by atoms with Crippen LogP contribution in [0, 0.1) is 10.8 Å². The van der Waals surface area contributed by atoms with Gasteiger partial charge in [-0.2, -0.15) is 0 Å². The van der Waals surface area contributed by atoms with Gasteiger partial charge >= 0.3 is 12.2 Å². The molecule has 0 aromatic heterocycles. The number of amides is 2. The number of benzene rings is 2. The minimum absolute atomic E-state index is 0.0568. The van der Waals surface area contributed by atoms with Crippen LogP contribution in [0.25, 0.3) is 0 Å². The molecule has 0 unspecified atom stereocenters. The molecule has 2 amide bonds. The average Bonchev–Trinajstić information content (AvgIpc) is 3.40. The van der Waals surface area contributed by atoms with Crippen molar-refractivity contribution in [2.45, 2.75) is 65.6 Å². The Kier molecular flexibility index (Phi) is 13.5. The minimum Gasteiger partial charge on any atom is -0.492 e. The summed E-state index contributed by atoms with van der Waals surface area (Å²) in [7, 11) is 0. The molecule has 1 aliphatic heterocycles. The lowest BCUT2D eigenvalue weighted by atomic mass is 10.2. The zero-order chi connectivity index (χ0) is 34.8. The molecule has 12 nitrogen and oxygen atoms in total. The number of nitrogens with one attached hydrogen (secondary N) is 4. The van der Waals surface area contributed by atoms with Crippen LogP contribution in [0.2, 0.25) is 0 Å². The molecule has 1 heterocycles. The zero-order valence-electron chi connectivity index (χ0n) is 27.7. The number of amidine groups is 2. The molecule has 0 saturated carbocycles. The van der Waals surface area contributed by atoms with Gasteiger partial charge in [0.15, 0.2) is 0 Å². The summed E-state index contributed by atoms with van der Waals surface area (Å²) in [5.74, 6) is 1.21. The predicted octanol–water partition coefficient (Wildman–Crippen LogP) is 7.20. The van der Waals surface area contributed by atoms with E-state index in [1.165, 1.54) is 0 Å². The molecule has 0 radical (unpaired) electrons. The van der Waals surface area contributed by atoms with Crippen molar-refractivity contribution in [3.8, 4) is 11.5 Å². The Hall–Kier alpha value is -3.78. The fourth-order valence-electron chi connectivity index (χ4n) is 4.21. The Morgan fingerprint density at radius 2 is 1.11 bits per heavy atom.